The Bertz CT molecular complexity index is 1280. The highest BCUT2D eigenvalue weighted by atomic mass is 16.8. The van der Waals surface area contributed by atoms with Crippen LogP contribution in [0.5, 0.6) is 0 Å². The average Bonchev–Trinajstić information content (AvgIpc) is 3.15. The lowest BCUT2D eigenvalue weighted by molar-refractivity contribution is -0.387. The van der Waals surface area contributed by atoms with Gasteiger partial charge in [-0.25, -0.2) is 4.79 Å². The Labute approximate surface area is 317 Å². The molecular formula is C36H59O19+. The van der Waals surface area contributed by atoms with Crippen molar-refractivity contribution in [3.05, 3.63) is 12.2 Å². The lowest BCUT2D eigenvalue weighted by Crippen LogP contribution is -2.66. The van der Waals surface area contributed by atoms with E-state index in [2.05, 4.69) is 0 Å². The molecule has 6 fully saturated rings. The van der Waals surface area contributed by atoms with Crippen molar-refractivity contribution >= 4 is 5.97 Å². The molecule has 0 bridgehead atoms. The molecule has 0 aromatic heterocycles. The number of esters is 1. The maximum atomic E-state index is 12.5. The van der Waals surface area contributed by atoms with Crippen molar-refractivity contribution in [1.29, 1.82) is 0 Å². The van der Waals surface area contributed by atoms with E-state index in [4.69, 9.17) is 28.4 Å². The SMILES string of the molecule is O=C(C=CC1CCC(O)C(O)C1)OC[C@H]1O[C@@H](O[C@H]2[C@H](OC3CC4C(O)CC(O)CC4[OH+]C3C3CCC(O)C(O)C3)O[C@H](CO)[C@@H](O)[C@@H]2O)[C@H](O)[C@@H](O)[C@@H]1O. The fourth-order valence-electron chi connectivity index (χ4n) is 9.07. The van der Waals surface area contributed by atoms with E-state index in [1.165, 1.54) is 6.08 Å². The largest absolute Gasteiger partial charge is 0.460 e. The van der Waals surface area contributed by atoms with Crippen LogP contribution in [0.1, 0.15) is 57.8 Å². The molecule has 0 spiro atoms. The summed E-state index contributed by atoms with van der Waals surface area (Å²) in [5, 5.41) is 126. The molecular weight excluding hydrogens is 736 g/mol. The second kappa shape index (κ2) is 18.6. The predicted octanol–water partition coefficient (Wildman–Crippen LogP) is -5.05. The Hall–Kier alpha value is -1.47. The van der Waals surface area contributed by atoms with Crippen LogP contribution in [0.25, 0.3) is 0 Å². The Morgan fingerprint density at radius 3 is 2.02 bits per heavy atom. The summed E-state index contributed by atoms with van der Waals surface area (Å²) < 4.78 is 34.3. The van der Waals surface area contributed by atoms with Gasteiger partial charge in [0.05, 0.1) is 49.1 Å². The van der Waals surface area contributed by atoms with Crippen LogP contribution in [0.2, 0.25) is 0 Å². The Balaban J connectivity index is 1.16. The van der Waals surface area contributed by atoms with Crippen LogP contribution in [-0.4, -0.2) is 202 Å². The van der Waals surface area contributed by atoms with Crippen molar-refractivity contribution in [3.63, 3.8) is 0 Å². The number of rotatable bonds is 10. The Morgan fingerprint density at radius 1 is 0.655 bits per heavy atom. The maximum Gasteiger partial charge on any atom is 0.330 e. The van der Waals surface area contributed by atoms with Gasteiger partial charge in [-0.1, -0.05) is 6.08 Å². The normalized spacial score (nSPS) is 51.1. The zero-order chi connectivity index (χ0) is 39.7. The first-order valence-electron chi connectivity index (χ1n) is 19.4. The van der Waals surface area contributed by atoms with E-state index in [9.17, 15) is 66.1 Å². The molecule has 3 saturated heterocycles. The van der Waals surface area contributed by atoms with E-state index < -0.39 is 141 Å². The number of fused-ring (bicyclic) bond motifs is 1. The van der Waals surface area contributed by atoms with Crippen molar-refractivity contribution in [1.82, 2.24) is 0 Å². The van der Waals surface area contributed by atoms with Crippen LogP contribution in [0.3, 0.4) is 0 Å². The third-order valence-corrected chi connectivity index (χ3v) is 12.4. The van der Waals surface area contributed by atoms with Crippen molar-refractivity contribution in [2.45, 2.75) is 174 Å². The Morgan fingerprint density at radius 2 is 1.33 bits per heavy atom. The van der Waals surface area contributed by atoms with Gasteiger partial charge in [0, 0.05) is 24.8 Å². The van der Waals surface area contributed by atoms with Gasteiger partial charge in [-0.3, -0.25) is 0 Å². The van der Waals surface area contributed by atoms with Crippen molar-refractivity contribution < 1.29 is 94.5 Å². The van der Waals surface area contributed by atoms with Gasteiger partial charge in [-0.05, 0) is 50.9 Å². The van der Waals surface area contributed by atoms with E-state index in [1.807, 2.05) is 0 Å². The summed E-state index contributed by atoms with van der Waals surface area (Å²) in [5.74, 6) is -1.74. The summed E-state index contributed by atoms with van der Waals surface area (Å²) in [4.78, 5) is 12.5. The van der Waals surface area contributed by atoms with E-state index in [-0.39, 0.29) is 37.5 Å². The third-order valence-electron chi connectivity index (χ3n) is 12.4. The molecule has 19 nitrogen and oxygen atoms in total. The number of ether oxygens (including phenoxy) is 6. The number of aliphatic hydroxyl groups excluding tert-OH is 12. The summed E-state index contributed by atoms with van der Waals surface area (Å²) >= 11 is 0. The molecule has 55 heavy (non-hydrogen) atoms. The van der Waals surface area contributed by atoms with Crippen LogP contribution in [0, 0.1) is 17.8 Å². The average molecular weight is 796 g/mol. The molecule has 13 N–H and O–H groups in total. The fourth-order valence-corrected chi connectivity index (χ4v) is 9.07. The van der Waals surface area contributed by atoms with Gasteiger partial charge in [0.25, 0.3) is 0 Å². The molecule has 12 unspecified atom stereocenters. The predicted molar refractivity (Wildman–Crippen MR) is 182 cm³/mol. The maximum absolute atomic E-state index is 12.5. The van der Waals surface area contributed by atoms with Crippen molar-refractivity contribution in [3.8, 4) is 0 Å². The standard InChI is InChI=1S/C36H58O19/c37-12-25-28(45)31(48)34(55-35-32(49)30(47)29(46)26(54-35)13-50-27(44)6-2-14-1-4-18(39)21(42)7-14)36(53-25)52-24-11-17-20(41)9-16(38)10-23(17)51-33(24)15-3-5-19(40)22(43)8-15/h2,6,14-26,28-43,45-49H,1,3-5,7-13H2/p+1/t14?,15?,16?,17?,18?,19?,20?,21?,22?,23?,24?,25-,26-,28-,29-,30+,31+,32-,33?,34-,35+,36-/m1/s1. The molecule has 3 aliphatic carbocycles. The zero-order valence-corrected chi connectivity index (χ0v) is 30.4. The van der Waals surface area contributed by atoms with E-state index in [0.29, 0.717) is 32.1 Å². The second-order valence-corrected chi connectivity index (χ2v) is 16.2. The van der Waals surface area contributed by atoms with Crippen LogP contribution in [0.15, 0.2) is 12.2 Å². The third kappa shape index (κ3) is 9.88. The minimum Gasteiger partial charge on any atom is -0.460 e. The number of carbonyl (C=O) groups is 1. The monoisotopic (exact) mass is 795 g/mol. The summed E-state index contributed by atoms with van der Waals surface area (Å²) in [6.07, 6.45) is -18.9. The smallest absolute Gasteiger partial charge is 0.330 e. The molecule has 316 valence electrons. The lowest BCUT2D eigenvalue weighted by Gasteiger charge is -2.49. The number of allylic oxidation sites excluding steroid dienone is 1. The van der Waals surface area contributed by atoms with Gasteiger partial charge in [0.1, 0.15) is 61.5 Å². The molecule has 6 rings (SSSR count). The minimum atomic E-state index is -1.92. The van der Waals surface area contributed by atoms with Gasteiger partial charge in [-0.15, -0.1) is 0 Å². The van der Waals surface area contributed by atoms with E-state index in [1.54, 1.807) is 0 Å². The van der Waals surface area contributed by atoms with Gasteiger partial charge < -0.3 is 89.7 Å². The molecule has 3 heterocycles. The quantitative estimate of drug-likeness (QED) is 0.0559. The van der Waals surface area contributed by atoms with Gasteiger partial charge >= 0.3 is 5.97 Å². The molecule has 0 aromatic carbocycles. The highest BCUT2D eigenvalue weighted by molar-refractivity contribution is 5.81. The molecule has 0 radical (unpaired) electrons. The molecule has 19 heteroatoms. The molecule has 0 amide bonds. The minimum absolute atomic E-state index is 0.124. The number of aliphatic hydroxyl groups is 14. The van der Waals surface area contributed by atoms with E-state index in [0.717, 1.165) is 6.08 Å². The van der Waals surface area contributed by atoms with Gasteiger partial charge in [-0.2, -0.15) is 0 Å². The van der Waals surface area contributed by atoms with Crippen LogP contribution >= 0.6 is 0 Å². The molecule has 3 saturated carbocycles. The van der Waals surface area contributed by atoms with Crippen LogP contribution < -0.4 is 0 Å². The van der Waals surface area contributed by atoms with Crippen LogP contribution in [0.4, 0.5) is 0 Å². The fraction of sp³-hybridized carbons (Fsp3) is 0.917. The first-order chi connectivity index (χ1) is 26.1. The summed E-state index contributed by atoms with van der Waals surface area (Å²) in [5.41, 5.74) is 0. The highest BCUT2D eigenvalue weighted by Gasteiger charge is 2.56. The lowest BCUT2D eigenvalue weighted by atomic mass is 9.72. The molecule has 6 aliphatic rings. The molecule has 22 atom stereocenters. The van der Waals surface area contributed by atoms with E-state index >= 15 is 0 Å². The number of carbonyl (C=O) groups excluding carboxylic acids is 1. The second-order valence-electron chi connectivity index (χ2n) is 16.2. The topological polar surface area (TPSA) is 319 Å². The summed E-state index contributed by atoms with van der Waals surface area (Å²) in [6.45, 7) is -1.35. The van der Waals surface area contributed by atoms with Crippen molar-refractivity contribution in [2.75, 3.05) is 13.2 Å². The Kier molecular flexibility index (Phi) is 14.6. The van der Waals surface area contributed by atoms with Crippen molar-refractivity contribution in [2.24, 2.45) is 17.8 Å². The zero-order valence-electron chi connectivity index (χ0n) is 30.4. The van der Waals surface area contributed by atoms with Crippen LogP contribution in [-0.2, 0) is 28.5 Å². The molecule has 0 aromatic rings. The summed E-state index contributed by atoms with van der Waals surface area (Å²) in [6, 6.07) is 0. The number of hydrogen-bond acceptors (Lipinski definition) is 18. The highest BCUT2D eigenvalue weighted by Crippen LogP contribution is 2.42. The number of hydrogen-bond donors (Lipinski definition) is 12. The first-order valence-corrected chi connectivity index (χ1v) is 19.4. The van der Waals surface area contributed by atoms with Gasteiger partial charge in [0.15, 0.2) is 24.8 Å². The summed E-state index contributed by atoms with van der Waals surface area (Å²) in [7, 11) is 0. The molecule has 3 aliphatic heterocycles. The van der Waals surface area contributed by atoms with Gasteiger partial charge in [0.2, 0.25) is 0 Å². The first kappa shape index (κ1) is 43.1.